The van der Waals surface area contributed by atoms with Gasteiger partial charge in [0.2, 0.25) is 0 Å². The average Bonchev–Trinajstić information content (AvgIpc) is 2.84. The van der Waals surface area contributed by atoms with Crippen LogP contribution in [0.5, 0.6) is 0 Å². The lowest BCUT2D eigenvalue weighted by Crippen LogP contribution is -2.45. The highest BCUT2D eigenvalue weighted by Crippen LogP contribution is 2.63. The molecule has 4 rings (SSSR count). The second-order valence-corrected chi connectivity index (χ2v) is 8.39. The Morgan fingerprint density at radius 3 is 2.95 bits per heavy atom. The fourth-order valence-electron chi connectivity index (χ4n) is 6.76. The van der Waals surface area contributed by atoms with E-state index in [1.165, 1.54) is 57.8 Å². The number of hydrogen-bond donors (Lipinski definition) is 0. The maximum atomic E-state index is 3.84. The molecule has 4 aliphatic carbocycles. The quantitative estimate of drug-likeness (QED) is 0.414. The van der Waals surface area contributed by atoms with Crippen molar-refractivity contribution in [3.05, 3.63) is 30.0 Å². The Morgan fingerprint density at radius 2 is 2.10 bits per heavy atom. The molecule has 3 fully saturated rings. The summed E-state index contributed by atoms with van der Waals surface area (Å²) >= 11 is 0. The van der Waals surface area contributed by atoms with Crippen LogP contribution in [0.3, 0.4) is 0 Å². The minimum atomic E-state index is 0.557. The molecule has 0 nitrogen and oxygen atoms in total. The fraction of sp³-hybridized carbons (Fsp3) is 0.762. The van der Waals surface area contributed by atoms with E-state index in [-0.39, 0.29) is 0 Å². The van der Waals surface area contributed by atoms with Gasteiger partial charge in [-0.15, -0.1) is 5.73 Å². The molecule has 0 saturated heterocycles. The van der Waals surface area contributed by atoms with Gasteiger partial charge in [-0.1, -0.05) is 25.2 Å². The molecule has 0 amide bonds. The molecular formula is C21H30. The number of rotatable bonds is 1. The molecule has 0 heterocycles. The summed E-state index contributed by atoms with van der Waals surface area (Å²) in [7, 11) is 0. The van der Waals surface area contributed by atoms with Crippen LogP contribution < -0.4 is 0 Å². The molecule has 0 aromatic rings. The molecule has 0 spiro atoms. The normalized spacial score (nSPS) is 48.4. The molecule has 6 atom stereocenters. The molecule has 0 radical (unpaired) electrons. The Hall–Kier alpha value is -0.740. The van der Waals surface area contributed by atoms with Crippen molar-refractivity contribution in [3.63, 3.8) is 0 Å². The molecule has 0 N–H and O–H groups in total. The predicted molar refractivity (Wildman–Crippen MR) is 88.9 cm³/mol. The van der Waals surface area contributed by atoms with E-state index < -0.39 is 0 Å². The number of allylic oxidation sites excluding steroid dienone is 3. The summed E-state index contributed by atoms with van der Waals surface area (Å²) in [5.74, 6) is 4.75. The van der Waals surface area contributed by atoms with Crippen LogP contribution in [0, 0.1) is 35.0 Å². The van der Waals surface area contributed by atoms with Gasteiger partial charge in [0.05, 0.1) is 0 Å². The Bertz CT molecular complexity index is 492. The van der Waals surface area contributed by atoms with Gasteiger partial charge in [-0.25, -0.2) is 0 Å². The van der Waals surface area contributed by atoms with E-state index in [0.29, 0.717) is 5.41 Å². The predicted octanol–water partition coefficient (Wildman–Crippen LogP) is 5.91. The Labute approximate surface area is 130 Å². The molecule has 0 aromatic heterocycles. The third-order valence-electron chi connectivity index (χ3n) is 7.77. The van der Waals surface area contributed by atoms with Gasteiger partial charge >= 0.3 is 0 Å². The molecule has 0 aliphatic heterocycles. The molecule has 3 saturated carbocycles. The van der Waals surface area contributed by atoms with Crippen molar-refractivity contribution in [1.82, 2.24) is 0 Å². The minimum absolute atomic E-state index is 0.557. The summed E-state index contributed by atoms with van der Waals surface area (Å²) in [6, 6.07) is 0. The zero-order valence-corrected chi connectivity index (χ0v) is 13.6. The average molecular weight is 282 g/mol. The Balaban J connectivity index is 1.62. The largest absolute Gasteiger partial charge is 0.133 e. The minimum Gasteiger partial charge on any atom is -0.133 e. The van der Waals surface area contributed by atoms with Crippen molar-refractivity contribution < 1.29 is 0 Å². The molecule has 0 heteroatoms. The van der Waals surface area contributed by atoms with Crippen LogP contribution in [-0.2, 0) is 0 Å². The van der Waals surface area contributed by atoms with E-state index in [9.17, 15) is 0 Å². The topological polar surface area (TPSA) is 0 Å². The van der Waals surface area contributed by atoms with E-state index >= 15 is 0 Å². The summed E-state index contributed by atoms with van der Waals surface area (Å²) in [5.41, 5.74) is 5.51. The lowest BCUT2D eigenvalue weighted by atomic mass is 9.51. The van der Waals surface area contributed by atoms with Gasteiger partial charge in [-0.3, -0.25) is 0 Å². The maximum absolute atomic E-state index is 3.84. The molecule has 0 bridgehead atoms. The standard InChI is InChI=1S/C21H30/c1-3-6-16-10-12-20-19-11-9-15-7-4-5-8-17(15)18(19)13-14-21(16,20)2/h6-7,16-20H,1,4-5,8-14H2,2H3/t16-,17+,18-,19-,20+,21-/m1/s1. The van der Waals surface area contributed by atoms with Gasteiger partial charge in [0.1, 0.15) is 0 Å². The van der Waals surface area contributed by atoms with Crippen molar-refractivity contribution in [1.29, 1.82) is 0 Å². The van der Waals surface area contributed by atoms with E-state index in [1.54, 1.807) is 0 Å². The zero-order valence-electron chi connectivity index (χ0n) is 13.6. The van der Waals surface area contributed by atoms with Crippen LogP contribution in [0.15, 0.2) is 30.0 Å². The summed E-state index contributed by atoms with van der Waals surface area (Å²) in [5, 5.41) is 0. The number of fused-ring (bicyclic) bond motifs is 5. The monoisotopic (exact) mass is 282 g/mol. The Kier molecular flexibility index (Phi) is 3.42. The summed E-state index contributed by atoms with van der Waals surface area (Å²) in [6.07, 6.45) is 17.9. The summed E-state index contributed by atoms with van der Waals surface area (Å²) in [4.78, 5) is 0. The van der Waals surface area contributed by atoms with Crippen LogP contribution in [0.4, 0.5) is 0 Å². The second kappa shape index (κ2) is 5.17. The highest BCUT2D eigenvalue weighted by Gasteiger charge is 2.55. The summed E-state index contributed by atoms with van der Waals surface area (Å²) in [6.45, 7) is 6.43. The van der Waals surface area contributed by atoms with Gasteiger partial charge in [0, 0.05) is 0 Å². The Morgan fingerprint density at radius 1 is 1.19 bits per heavy atom. The van der Waals surface area contributed by atoms with Crippen LogP contribution >= 0.6 is 0 Å². The molecule has 21 heavy (non-hydrogen) atoms. The maximum Gasteiger partial charge on any atom is -0.0101 e. The third-order valence-corrected chi connectivity index (χ3v) is 7.77. The molecule has 0 aromatic carbocycles. The highest BCUT2D eigenvalue weighted by atomic mass is 14.6. The molecular weight excluding hydrogens is 252 g/mol. The van der Waals surface area contributed by atoms with E-state index in [0.717, 1.165) is 29.6 Å². The van der Waals surface area contributed by atoms with Gasteiger partial charge < -0.3 is 0 Å². The molecule has 114 valence electrons. The number of hydrogen-bond acceptors (Lipinski definition) is 0. The van der Waals surface area contributed by atoms with Gasteiger partial charge in [-0.05, 0) is 98.9 Å². The third kappa shape index (κ3) is 2.02. The van der Waals surface area contributed by atoms with Crippen LogP contribution in [-0.4, -0.2) is 0 Å². The van der Waals surface area contributed by atoms with Gasteiger partial charge in [0.15, 0.2) is 0 Å². The van der Waals surface area contributed by atoms with Crippen LogP contribution in [0.1, 0.15) is 64.7 Å². The first-order valence-corrected chi connectivity index (χ1v) is 9.29. The lowest BCUT2D eigenvalue weighted by molar-refractivity contribution is -0.0135. The lowest BCUT2D eigenvalue weighted by Gasteiger charge is -2.54. The van der Waals surface area contributed by atoms with Gasteiger partial charge in [-0.2, -0.15) is 0 Å². The van der Waals surface area contributed by atoms with E-state index in [1.807, 2.05) is 5.57 Å². The summed E-state index contributed by atoms with van der Waals surface area (Å²) < 4.78 is 0. The first-order valence-electron chi connectivity index (χ1n) is 9.29. The SMILES string of the molecule is C=C=C[C@@H]1CC[C@H]2[C@@H]3CCC4=CCCC[C@@H]4[C@H]3CC[C@]12C. The van der Waals surface area contributed by atoms with E-state index in [4.69, 9.17) is 0 Å². The van der Waals surface area contributed by atoms with Crippen LogP contribution in [0.25, 0.3) is 0 Å². The van der Waals surface area contributed by atoms with Crippen molar-refractivity contribution >= 4 is 0 Å². The van der Waals surface area contributed by atoms with Crippen LogP contribution in [0.2, 0.25) is 0 Å². The van der Waals surface area contributed by atoms with E-state index in [2.05, 4.69) is 31.4 Å². The van der Waals surface area contributed by atoms with Crippen molar-refractivity contribution in [2.45, 2.75) is 64.7 Å². The smallest absolute Gasteiger partial charge is 0.0101 e. The molecule has 0 unspecified atom stereocenters. The van der Waals surface area contributed by atoms with Gasteiger partial charge in [0.25, 0.3) is 0 Å². The van der Waals surface area contributed by atoms with Crippen molar-refractivity contribution in [3.8, 4) is 0 Å². The van der Waals surface area contributed by atoms with Crippen molar-refractivity contribution in [2.24, 2.45) is 35.0 Å². The highest BCUT2D eigenvalue weighted by molar-refractivity contribution is 5.18. The second-order valence-electron chi connectivity index (χ2n) is 8.39. The first-order chi connectivity index (χ1) is 10.2. The van der Waals surface area contributed by atoms with Crippen molar-refractivity contribution in [2.75, 3.05) is 0 Å². The first kappa shape index (κ1) is 13.9. The zero-order chi connectivity index (χ0) is 14.4. The fourth-order valence-corrected chi connectivity index (χ4v) is 6.76. The molecule has 4 aliphatic rings.